The fourth-order valence-electron chi connectivity index (χ4n) is 2.76. The molecule has 0 aliphatic carbocycles. The average molecular weight is 349 g/mol. The molecule has 0 spiro atoms. The molecule has 3 N–H and O–H groups in total. The highest BCUT2D eigenvalue weighted by Gasteiger charge is 2.31. The van der Waals surface area contributed by atoms with Crippen molar-refractivity contribution in [1.82, 2.24) is 9.78 Å². The van der Waals surface area contributed by atoms with E-state index in [0.29, 0.717) is 17.1 Å². The maximum absolute atomic E-state index is 12.5. The third-order valence-electron chi connectivity index (χ3n) is 3.89. The maximum Gasteiger partial charge on any atom is 0.270 e. The van der Waals surface area contributed by atoms with Gasteiger partial charge in [-0.3, -0.25) is 19.4 Å². The fourth-order valence-corrected chi connectivity index (χ4v) is 3.88. The molecule has 2 heterocycles. The van der Waals surface area contributed by atoms with Crippen molar-refractivity contribution in [2.75, 3.05) is 18.2 Å². The highest BCUT2D eigenvalue weighted by Crippen LogP contribution is 2.42. The minimum absolute atomic E-state index is 0.000374. The zero-order valence-electron chi connectivity index (χ0n) is 13.6. The van der Waals surface area contributed by atoms with Crippen molar-refractivity contribution < 1.29 is 14.6 Å². The normalized spacial score (nSPS) is 17.3. The number of rotatable bonds is 3. The van der Waals surface area contributed by atoms with Gasteiger partial charge >= 0.3 is 0 Å². The summed E-state index contributed by atoms with van der Waals surface area (Å²) >= 11 is 1.35. The molecule has 1 aliphatic heterocycles. The van der Waals surface area contributed by atoms with Crippen LogP contribution in [0, 0.1) is 0 Å². The molecular weight excluding hydrogens is 330 g/mol. The highest BCUT2D eigenvalue weighted by molar-refractivity contribution is 8.00. The number of ether oxygens (including phenoxy) is 1. The van der Waals surface area contributed by atoms with Gasteiger partial charge in [0.2, 0.25) is 5.91 Å². The molecule has 1 amide bonds. The number of methoxy groups -OCH3 is 1. The van der Waals surface area contributed by atoms with Gasteiger partial charge in [-0.2, -0.15) is 0 Å². The van der Waals surface area contributed by atoms with Crippen LogP contribution in [-0.4, -0.2) is 33.7 Å². The lowest BCUT2D eigenvalue weighted by Crippen LogP contribution is -2.17. The van der Waals surface area contributed by atoms with Crippen LogP contribution >= 0.6 is 11.8 Å². The van der Waals surface area contributed by atoms with E-state index in [1.807, 2.05) is 13.8 Å². The molecule has 0 saturated heterocycles. The van der Waals surface area contributed by atoms with Crippen molar-refractivity contribution in [3.05, 3.63) is 39.7 Å². The number of phenols is 1. The number of anilines is 1. The molecule has 1 aromatic carbocycles. The lowest BCUT2D eigenvalue weighted by molar-refractivity contribution is -0.113. The number of H-pyrrole nitrogens is 1. The second-order valence-electron chi connectivity index (χ2n) is 5.84. The van der Waals surface area contributed by atoms with Gasteiger partial charge < -0.3 is 15.2 Å². The van der Waals surface area contributed by atoms with Crippen molar-refractivity contribution in [2.45, 2.75) is 25.1 Å². The first-order chi connectivity index (χ1) is 11.4. The summed E-state index contributed by atoms with van der Waals surface area (Å²) in [7, 11) is 1.48. The Hall–Kier alpha value is -2.35. The quantitative estimate of drug-likeness (QED) is 0.790. The van der Waals surface area contributed by atoms with Crippen molar-refractivity contribution in [1.29, 1.82) is 0 Å². The number of aromatic hydroxyl groups is 1. The summed E-state index contributed by atoms with van der Waals surface area (Å²) in [4.78, 5) is 24.6. The van der Waals surface area contributed by atoms with Gasteiger partial charge in [0.25, 0.3) is 5.56 Å². The average Bonchev–Trinajstić information content (AvgIpc) is 2.75. The van der Waals surface area contributed by atoms with E-state index in [1.54, 1.807) is 22.9 Å². The third kappa shape index (κ3) is 2.77. The van der Waals surface area contributed by atoms with Crippen LogP contribution in [0.25, 0.3) is 0 Å². The standard InChI is InChI=1S/C16H19N3O4S/c1-8(2)19-15-13(16(22)18-19)14(24-7-12(21)17-15)9-4-5-11(23-3)10(20)6-9/h4-6,8,14,20H,7H2,1-3H3,(H,17,21)(H,18,22)/t14-/m0/s1. The van der Waals surface area contributed by atoms with Crippen LogP contribution < -0.4 is 15.6 Å². The summed E-state index contributed by atoms with van der Waals surface area (Å²) in [5.74, 6) is 0.921. The minimum atomic E-state index is -0.362. The topological polar surface area (TPSA) is 96.4 Å². The number of amides is 1. The van der Waals surface area contributed by atoms with E-state index in [2.05, 4.69) is 10.4 Å². The van der Waals surface area contributed by atoms with E-state index in [0.717, 1.165) is 5.56 Å². The molecule has 3 rings (SSSR count). The van der Waals surface area contributed by atoms with Crippen LogP contribution in [0.15, 0.2) is 23.0 Å². The number of hydrogen-bond acceptors (Lipinski definition) is 5. The van der Waals surface area contributed by atoms with E-state index < -0.39 is 0 Å². The van der Waals surface area contributed by atoms with Gasteiger partial charge in [-0.05, 0) is 31.5 Å². The summed E-state index contributed by atoms with van der Waals surface area (Å²) in [6.07, 6.45) is 0. The molecule has 1 aromatic heterocycles. The van der Waals surface area contributed by atoms with E-state index >= 15 is 0 Å². The van der Waals surface area contributed by atoms with Gasteiger partial charge in [-0.25, -0.2) is 0 Å². The highest BCUT2D eigenvalue weighted by atomic mass is 32.2. The van der Waals surface area contributed by atoms with Crippen LogP contribution in [-0.2, 0) is 4.79 Å². The van der Waals surface area contributed by atoms with Crippen molar-refractivity contribution in [3.8, 4) is 11.5 Å². The molecule has 0 saturated carbocycles. The number of aromatic nitrogens is 2. The Balaban J connectivity index is 2.15. The molecule has 1 atom stereocenters. The van der Waals surface area contributed by atoms with Crippen LogP contribution in [0.2, 0.25) is 0 Å². The second-order valence-corrected chi connectivity index (χ2v) is 6.93. The molecule has 24 heavy (non-hydrogen) atoms. The molecule has 1 aliphatic rings. The van der Waals surface area contributed by atoms with Gasteiger partial charge in [0.1, 0.15) is 5.82 Å². The number of carbonyl (C=O) groups excluding carboxylic acids is 1. The molecule has 7 nitrogen and oxygen atoms in total. The predicted molar refractivity (Wildman–Crippen MR) is 93.0 cm³/mol. The zero-order valence-corrected chi connectivity index (χ0v) is 14.4. The Bertz CT molecular complexity index is 840. The number of nitrogens with one attached hydrogen (secondary N) is 2. The van der Waals surface area contributed by atoms with Crippen molar-refractivity contribution in [3.63, 3.8) is 0 Å². The van der Waals surface area contributed by atoms with Crippen LogP contribution in [0.3, 0.4) is 0 Å². The van der Waals surface area contributed by atoms with E-state index in [4.69, 9.17) is 4.74 Å². The van der Waals surface area contributed by atoms with Gasteiger partial charge in [-0.1, -0.05) is 6.07 Å². The lowest BCUT2D eigenvalue weighted by Gasteiger charge is -2.16. The molecular formula is C16H19N3O4S. The van der Waals surface area contributed by atoms with E-state index in [-0.39, 0.29) is 34.3 Å². The van der Waals surface area contributed by atoms with Gasteiger partial charge in [0.15, 0.2) is 11.5 Å². The first kappa shape index (κ1) is 16.5. The molecule has 0 radical (unpaired) electrons. The van der Waals surface area contributed by atoms with E-state index in [1.165, 1.54) is 18.9 Å². The Morgan fingerprint density at radius 3 is 2.75 bits per heavy atom. The molecule has 0 fully saturated rings. The Kier molecular flexibility index (Phi) is 4.31. The van der Waals surface area contributed by atoms with E-state index in [9.17, 15) is 14.7 Å². The summed E-state index contributed by atoms with van der Waals surface area (Å²) in [5.41, 5.74) is 0.987. The molecule has 0 bridgehead atoms. The fraction of sp³-hybridized carbons (Fsp3) is 0.375. The zero-order chi connectivity index (χ0) is 17.4. The lowest BCUT2D eigenvalue weighted by atomic mass is 10.1. The van der Waals surface area contributed by atoms with Crippen LogP contribution in [0.1, 0.15) is 36.3 Å². The molecule has 0 unspecified atom stereocenters. The Labute approximate surface area is 143 Å². The summed E-state index contributed by atoms with van der Waals surface area (Å²) < 4.78 is 6.73. The molecule has 2 aromatic rings. The summed E-state index contributed by atoms with van der Waals surface area (Å²) in [6, 6.07) is 5.01. The van der Waals surface area contributed by atoms with Gasteiger partial charge in [-0.15, -0.1) is 11.8 Å². The van der Waals surface area contributed by atoms with Gasteiger partial charge in [0.05, 0.1) is 23.7 Å². The number of nitrogens with zero attached hydrogens (tertiary/aromatic N) is 1. The number of hydrogen-bond donors (Lipinski definition) is 3. The first-order valence-corrected chi connectivity index (χ1v) is 8.60. The Morgan fingerprint density at radius 2 is 2.12 bits per heavy atom. The molecule has 8 heteroatoms. The summed E-state index contributed by atoms with van der Waals surface area (Å²) in [5, 5.41) is 15.3. The smallest absolute Gasteiger partial charge is 0.270 e. The number of fused-ring (bicyclic) bond motifs is 1. The Morgan fingerprint density at radius 1 is 1.38 bits per heavy atom. The maximum atomic E-state index is 12.5. The molecule has 128 valence electrons. The minimum Gasteiger partial charge on any atom is -0.504 e. The monoisotopic (exact) mass is 349 g/mol. The number of thioether (sulfide) groups is 1. The third-order valence-corrected chi connectivity index (χ3v) is 5.16. The van der Waals surface area contributed by atoms with Crippen LogP contribution in [0.4, 0.5) is 5.82 Å². The number of benzene rings is 1. The SMILES string of the molecule is COc1ccc([C@@H]2SCC(=O)Nc3c2c(=O)[nH]n3C(C)C)cc1O. The van der Waals surface area contributed by atoms with Gasteiger partial charge in [0, 0.05) is 6.04 Å². The number of carbonyl (C=O) groups is 1. The predicted octanol–water partition coefficient (Wildman–Crippen LogP) is 2.25. The van der Waals surface area contributed by atoms with Crippen molar-refractivity contribution >= 4 is 23.5 Å². The number of phenolic OH excluding ortho intramolecular Hbond substituents is 1. The van der Waals surface area contributed by atoms with Crippen molar-refractivity contribution in [2.24, 2.45) is 0 Å². The van der Waals surface area contributed by atoms with Crippen LogP contribution in [0.5, 0.6) is 11.5 Å². The second kappa shape index (κ2) is 6.27. The number of aromatic amines is 1. The summed E-state index contributed by atoms with van der Waals surface area (Å²) in [6.45, 7) is 3.85. The largest absolute Gasteiger partial charge is 0.504 e. The first-order valence-electron chi connectivity index (χ1n) is 7.55.